The standard InChI is InChI=1S/C30H33N5O2/c1-6-8-20-13-18(4)33-30(37)25(20)15-31-29(36)23-14-24(21-9-7-10-27-26(21)16-32-34-27)22-11-12-35(17(2)3)28(22)19(23)5/h7,9-14,16-17H,6,8,15H2,1-5H3,(H,31,36)(H,32,34)(H,33,37). The molecule has 3 heterocycles. The van der Waals surface area contributed by atoms with Gasteiger partial charge >= 0.3 is 0 Å². The Hall–Kier alpha value is -4.13. The van der Waals surface area contributed by atoms with Gasteiger partial charge in [0, 0.05) is 46.4 Å². The van der Waals surface area contributed by atoms with E-state index in [2.05, 4.69) is 64.2 Å². The van der Waals surface area contributed by atoms with Crippen molar-refractivity contribution in [3.63, 3.8) is 0 Å². The van der Waals surface area contributed by atoms with Gasteiger partial charge in [0.2, 0.25) is 0 Å². The van der Waals surface area contributed by atoms with Gasteiger partial charge in [0.05, 0.1) is 17.2 Å². The summed E-state index contributed by atoms with van der Waals surface area (Å²) in [5, 5.41) is 12.4. The highest BCUT2D eigenvalue weighted by Gasteiger charge is 2.21. The number of aromatic amines is 2. The first kappa shape index (κ1) is 24.6. The van der Waals surface area contributed by atoms with Gasteiger partial charge in [0.15, 0.2) is 0 Å². The normalized spacial score (nSPS) is 11.6. The minimum atomic E-state index is -0.195. The van der Waals surface area contributed by atoms with Crippen LogP contribution in [0.5, 0.6) is 0 Å². The summed E-state index contributed by atoms with van der Waals surface area (Å²) in [7, 11) is 0. The van der Waals surface area contributed by atoms with Crippen LogP contribution in [0.25, 0.3) is 32.9 Å². The quantitative estimate of drug-likeness (QED) is 0.260. The molecule has 0 spiro atoms. The molecular formula is C30H33N5O2. The molecule has 0 saturated carbocycles. The number of hydrogen-bond donors (Lipinski definition) is 3. The molecule has 0 fully saturated rings. The van der Waals surface area contributed by atoms with Crippen LogP contribution in [0, 0.1) is 13.8 Å². The molecule has 7 nitrogen and oxygen atoms in total. The van der Waals surface area contributed by atoms with Gasteiger partial charge in [0.25, 0.3) is 11.5 Å². The molecule has 5 aromatic rings. The van der Waals surface area contributed by atoms with Crippen LogP contribution < -0.4 is 10.9 Å². The molecule has 1 amide bonds. The molecule has 0 bridgehead atoms. The first-order valence-electron chi connectivity index (χ1n) is 12.9. The highest BCUT2D eigenvalue weighted by Crippen LogP contribution is 2.38. The molecule has 0 aliphatic rings. The number of rotatable bonds is 7. The van der Waals surface area contributed by atoms with Crippen LogP contribution in [-0.4, -0.2) is 25.7 Å². The van der Waals surface area contributed by atoms with Crippen LogP contribution >= 0.6 is 0 Å². The van der Waals surface area contributed by atoms with Gasteiger partial charge in [-0.3, -0.25) is 14.7 Å². The number of aryl methyl sites for hydroxylation is 3. The van der Waals surface area contributed by atoms with E-state index in [-0.39, 0.29) is 24.1 Å². The zero-order valence-electron chi connectivity index (χ0n) is 22.0. The van der Waals surface area contributed by atoms with Gasteiger partial charge in [-0.2, -0.15) is 5.10 Å². The summed E-state index contributed by atoms with van der Waals surface area (Å²) in [4.78, 5) is 29.3. The molecule has 0 aliphatic heterocycles. The van der Waals surface area contributed by atoms with Crippen molar-refractivity contribution in [2.24, 2.45) is 0 Å². The lowest BCUT2D eigenvalue weighted by molar-refractivity contribution is 0.0950. The number of benzene rings is 2. The van der Waals surface area contributed by atoms with E-state index in [4.69, 9.17) is 0 Å². The summed E-state index contributed by atoms with van der Waals surface area (Å²) >= 11 is 0. The highest BCUT2D eigenvalue weighted by atomic mass is 16.1. The number of nitrogens with one attached hydrogen (secondary N) is 3. The Morgan fingerprint density at radius 1 is 1.11 bits per heavy atom. The van der Waals surface area contributed by atoms with Crippen LogP contribution in [0.15, 0.2) is 53.6 Å². The van der Waals surface area contributed by atoms with E-state index in [0.29, 0.717) is 11.1 Å². The lowest BCUT2D eigenvalue weighted by Gasteiger charge is -2.17. The predicted octanol–water partition coefficient (Wildman–Crippen LogP) is 5.95. The molecule has 0 atom stereocenters. The van der Waals surface area contributed by atoms with Crippen molar-refractivity contribution in [3.05, 3.63) is 87.1 Å². The van der Waals surface area contributed by atoms with Crippen LogP contribution in [0.1, 0.15) is 66.0 Å². The molecule has 0 unspecified atom stereocenters. The predicted molar refractivity (Wildman–Crippen MR) is 149 cm³/mol. The molecule has 190 valence electrons. The van der Waals surface area contributed by atoms with E-state index >= 15 is 0 Å². The fourth-order valence-electron chi connectivity index (χ4n) is 5.35. The number of amides is 1. The number of aromatic nitrogens is 4. The van der Waals surface area contributed by atoms with Crippen molar-refractivity contribution >= 4 is 27.7 Å². The van der Waals surface area contributed by atoms with Crippen molar-refractivity contribution in [3.8, 4) is 11.1 Å². The molecule has 37 heavy (non-hydrogen) atoms. The number of carbonyl (C=O) groups excluding carboxylic acids is 1. The zero-order valence-corrected chi connectivity index (χ0v) is 22.0. The lowest BCUT2D eigenvalue weighted by Crippen LogP contribution is -2.29. The van der Waals surface area contributed by atoms with Gasteiger partial charge in [-0.25, -0.2) is 0 Å². The van der Waals surface area contributed by atoms with Crippen molar-refractivity contribution < 1.29 is 4.79 Å². The largest absolute Gasteiger partial charge is 0.348 e. The average Bonchev–Trinajstić information content (AvgIpc) is 3.52. The molecule has 5 rings (SSSR count). The third kappa shape index (κ3) is 4.35. The Morgan fingerprint density at radius 2 is 1.92 bits per heavy atom. The summed E-state index contributed by atoms with van der Waals surface area (Å²) in [6.07, 6.45) is 5.64. The molecule has 0 radical (unpaired) electrons. The Morgan fingerprint density at radius 3 is 2.68 bits per heavy atom. The topological polar surface area (TPSA) is 95.6 Å². The Kier molecular flexibility index (Phi) is 6.46. The van der Waals surface area contributed by atoms with E-state index in [0.717, 1.165) is 62.6 Å². The number of nitrogens with zero attached hydrogens (tertiary/aromatic N) is 2. The highest BCUT2D eigenvalue weighted by molar-refractivity contribution is 6.09. The fourth-order valence-corrected chi connectivity index (χ4v) is 5.35. The molecule has 7 heteroatoms. The summed E-state index contributed by atoms with van der Waals surface area (Å²) < 4.78 is 2.21. The number of fused-ring (bicyclic) bond motifs is 2. The first-order valence-corrected chi connectivity index (χ1v) is 12.9. The molecular weight excluding hydrogens is 462 g/mol. The van der Waals surface area contributed by atoms with Gasteiger partial charge in [-0.1, -0.05) is 25.5 Å². The number of H-pyrrole nitrogens is 2. The minimum Gasteiger partial charge on any atom is -0.348 e. The molecule has 3 N–H and O–H groups in total. The number of carbonyl (C=O) groups is 1. The molecule has 0 saturated heterocycles. The monoisotopic (exact) mass is 495 g/mol. The Labute approximate surface area is 215 Å². The van der Waals surface area contributed by atoms with Crippen LogP contribution in [-0.2, 0) is 13.0 Å². The van der Waals surface area contributed by atoms with Crippen molar-refractivity contribution in [2.45, 2.75) is 60.0 Å². The minimum absolute atomic E-state index is 0.142. The van der Waals surface area contributed by atoms with Crippen molar-refractivity contribution in [2.75, 3.05) is 0 Å². The van der Waals surface area contributed by atoms with Gasteiger partial charge in [-0.05, 0) is 80.6 Å². The van der Waals surface area contributed by atoms with Gasteiger partial charge < -0.3 is 14.9 Å². The van der Waals surface area contributed by atoms with E-state index in [9.17, 15) is 9.59 Å². The van der Waals surface area contributed by atoms with Crippen molar-refractivity contribution in [1.29, 1.82) is 0 Å². The second kappa shape index (κ2) is 9.73. The molecule has 0 aliphatic carbocycles. The summed E-state index contributed by atoms with van der Waals surface area (Å²) in [6.45, 7) is 10.4. The lowest BCUT2D eigenvalue weighted by atomic mass is 9.93. The smallest absolute Gasteiger partial charge is 0.253 e. The van der Waals surface area contributed by atoms with Gasteiger partial charge in [0.1, 0.15) is 0 Å². The summed E-state index contributed by atoms with van der Waals surface area (Å²) in [5.74, 6) is -0.195. The maximum Gasteiger partial charge on any atom is 0.253 e. The van der Waals surface area contributed by atoms with Crippen molar-refractivity contribution in [1.82, 2.24) is 25.1 Å². The Bertz CT molecular complexity index is 1690. The van der Waals surface area contributed by atoms with E-state index < -0.39 is 0 Å². The zero-order chi connectivity index (χ0) is 26.3. The fraction of sp³-hybridized carbons (Fsp3) is 0.300. The first-order chi connectivity index (χ1) is 17.8. The average molecular weight is 496 g/mol. The Balaban J connectivity index is 1.62. The SMILES string of the molecule is CCCc1cc(C)[nH]c(=O)c1CNC(=O)c1cc(-c2cccc3[nH]ncc23)c2ccn(C(C)C)c2c1C. The van der Waals surface area contributed by atoms with E-state index in [1.54, 1.807) is 0 Å². The van der Waals surface area contributed by atoms with Crippen LogP contribution in [0.2, 0.25) is 0 Å². The third-order valence-electron chi connectivity index (χ3n) is 7.14. The summed E-state index contributed by atoms with van der Waals surface area (Å²) in [5.41, 5.74) is 7.80. The summed E-state index contributed by atoms with van der Waals surface area (Å²) in [6, 6.07) is 12.4. The maximum absolute atomic E-state index is 13.7. The third-order valence-corrected chi connectivity index (χ3v) is 7.14. The van der Waals surface area contributed by atoms with Crippen LogP contribution in [0.4, 0.5) is 0 Å². The second-order valence-corrected chi connectivity index (χ2v) is 10.0. The van der Waals surface area contributed by atoms with E-state index in [1.165, 1.54) is 0 Å². The number of hydrogen-bond acceptors (Lipinski definition) is 3. The van der Waals surface area contributed by atoms with Crippen LogP contribution in [0.3, 0.4) is 0 Å². The maximum atomic E-state index is 13.7. The molecule has 2 aromatic carbocycles. The second-order valence-electron chi connectivity index (χ2n) is 10.0. The van der Waals surface area contributed by atoms with E-state index in [1.807, 2.05) is 44.3 Å². The van der Waals surface area contributed by atoms with Gasteiger partial charge in [-0.15, -0.1) is 0 Å². The number of pyridine rings is 1. The molecule has 3 aromatic heterocycles.